The summed E-state index contributed by atoms with van der Waals surface area (Å²) in [6.07, 6.45) is 2.72. The molecule has 0 aliphatic heterocycles. The fourth-order valence-electron chi connectivity index (χ4n) is 1.75. The Morgan fingerprint density at radius 3 is 3.11 bits per heavy atom. The van der Waals surface area contributed by atoms with Crippen LogP contribution >= 0.6 is 12.2 Å². The number of nitrogens with one attached hydrogen (secondary N) is 2. The lowest BCUT2D eigenvalue weighted by Crippen LogP contribution is -2.29. The van der Waals surface area contributed by atoms with Crippen LogP contribution in [-0.2, 0) is 4.74 Å². The fraction of sp³-hybridized carbons (Fsp3) is 0.286. The lowest BCUT2D eigenvalue weighted by Gasteiger charge is -2.10. The van der Waals surface area contributed by atoms with Crippen molar-refractivity contribution >= 4 is 33.9 Å². The Labute approximate surface area is 118 Å². The van der Waals surface area contributed by atoms with E-state index in [1.165, 1.54) is 0 Å². The molecule has 0 spiro atoms. The van der Waals surface area contributed by atoms with Crippen LogP contribution in [0.15, 0.2) is 36.5 Å². The molecule has 0 aliphatic rings. The Bertz CT molecular complexity index is 559. The zero-order valence-corrected chi connectivity index (χ0v) is 11.7. The summed E-state index contributed by atoms with van der Waals surface area (Å²) in [5.41, 5.74) is 1.94. The van der Waals surface area contributed by atoms with Gasteiger partial charge >= 0.3 is 0 Å². The first-order chi connectivity index (χ1) is 9.29. The predicted octanol–water partition coefficient (Wildman–Crippen LogP) is 2.56. The van der Waals surface area contributed by atoms with Gasteiger partial charge in [0.25, 0.3) is 0 Å². The normalized spacial score (nSPS) is 10.4. The first-order valence-corrected chi connectivity index (χ1v) is 6.59. The van der Waals surface area contributed by atoms with Gasteiger partial charge in [-0.25, -0.2) is 0 Å². The number of benzene rings is 1. The Balaban J connectivity index is 1.91. The SMILES string of the molecule is COCCCNC(=S)Nc1ccc2ncccc2c1. The highest BCUT2D eigenvalue weighted by atomic mass is 32.1. The molecule has 0 amide bonds. The average molecular weight is 275 g/mol. The molecule has 1 aromatic carbocycles. The standard InChI is InChI=1S/C14H17N3OS/c1-18-9-3-8-16-14(19)17-12-5-6-13-11(10-12)4-2-7-15-13/h2,4-7,10H,3,8-9H2,1H3,(H2,16,17,19). The molecule has 2 rings (SSSR count). The molecule has 2 N–H and O–H groups in total. The van der Waals surface area contributed by atoms with Gasteiger partial charge in [0.05, 0.1) is 5.52 Å². The van der Waals surface area contributed by atoms with E-state index in [1.54, 1.807) is 13.3 Å². The van der Waals surface area contributed by atoms with Crippen molar-refractivity contribution < 1.29 is 4.74 Å². The van der Waals surface area contributed by atoms with Gasteiger partial charge in [-0.3, -0.25) is 4.98 Å². The molecule has 0 fully saturated rings. The van der Waals surface area contributed by atoms with Crippen LogP contribution < -0.4 is 10.6 Å². The summed E-state index contributed by atoms with van der Waals surface area (Å²) < 4.78 is 4.98. The minimum atomic E-state index is 0.624. The smallest absolute Gasteiger partial charge is 0.170 e. The zero-order chi connectivity index (χ0) is 13.5. The summed E-state index contributed by atoms with van der Waals surface area (Å²) in [5.74, 6) is 0. The predicted molar refractivity (Wildman–Crippen MR) is 82.5 cm³/mol. The number of hydrogen-bond acceptors (Lipinski definition) is 3. The van der Waals surface area contributed by atoms with E-state index in [2.05, 4.69) is 15.6 Å². The van der Waals surface area contributed by atoms with Crippen LogP contribution in [0.1, 0.15) is 6.42 Å². The van der Waals surface area contributed by atoms with Gasteiger partial charge in [0.2, 0.25) is 0 Å². The van der Waals surface area contributed by atoms with Gasteiger partial charge in [-0.15, -0.1) is 0 Å². The van der Waals surface area contributed by atoms with Crippen molar-refractivity contribution in [2.45, 2.75) is 6.42 Å². The minimum Gasteiger partial charge on any atom is -0.385 e. The monoisotopic (exact) mass is 275 g/mol. The third-order valence-corrected chi connectivity index (χ3v) is 2.92. The highest BCUT2D eigenvalue weighted by molar-refractivity contribution is 7.80. The lowest BCUT2D eigenvalue weighted by atomic mass is 10.2. The van der Waals surface area contributed by atoms with E-state index >= 15 is 0 Å². The highest BCUT2D eigenvalue weighted by Crippen LogP contribution is 2.16. The summed E-state index contributed by atoms with van der Waals surface area (Å²) >= 11 is 5.23. The fourth-order valence-corrected chi connectivity index (χ4v) is 1.97. The third-order valence-electron chi connectivity index (χ3n) is 2.67. The number of ether oxygens (including phenoxy) is 1. The third kappa shape index (κ3) is 4.15. The van der Waals surface area contributed by atoms with Crippen molar-refractivity contribution in [2.24, 2.45) is 0 Å². The number of anilines is 1. The molecule has 2 aromatic rings. The second-order valence-corrected chi connectivity index (χ2v) is 4.55. The number of aromatic nitrogens is 1. The molecule has 100 valence electrons. The molecule has 19 heavy (non-hydrogen) atoms. The van der Waals surface area contributed by atoms with E-state index in [-0.39, 0.29) is 0 Å². The van der Waals surface area contributed by atoms with Gasteiger partial charge in [0, 0.05) is 37.5 Å². The van der Waals surface area contributed by atoms with Gasteiger partial charge in [-0.1, -0.05) is 6.07 Å². The van der Waals surface area contributed by atoms with Crippen LogP contribution in [0.2, 0.25) is 0 Å². The van der Waals surface area contributed by atoms with E-state index in [4.69, 9.17) is 17.0 Å². The van der Waals surface area contributed by atoms with Gasteiger partial charge in [-0.2, -0.15) is 0 Å². The lowest BCUT2D eigenvalue weighted by molar-refractivity contribution is 0.196. The van der Waals surface area contributed by atoms with E-state index in [0.717, 1.165) is 36.2 Å². The van der Waals surface area contributed by atoms with Crippen molar-refractivity contribution in [2.75, 3.05) is 25.6 Å². The summed E-state index contributed by atoms with van der Waals surface area (Å²) in [6.45, 7) is 1.53. The molecule has 0 unspecified atom stereocenters. The molecular formula is C14H17N3OS. The number of pyridine rings is 1. The van der Waals surface area contributed by atoms with Crippen LogP contribution in [0.3, 0.4) is 0 Å². The molecule has 0 radical (unpaired) electrons. The Kier molecular flexibility index (Phi) is 5.06. The molecule has 0 saturated heterocycles. The quantitative estimate of drug-likeness (QED) is 0.648. The molecule has 0 aliphatic carbocycles. The summed E-state index contributed by atoms with van der Waals surface area (Å²) in [4.78, 5) is 4.28. The molecule has 5 heteroatoms. The minimum absolute atomic E-state index is 0.624. The molecule has 4 nitrogen and oxygen atoms in total. The van der Waals surface area contributed by atoms with Crippen LogP contribution in [0.25, 0.3) is 10.9 Å². The molecule has 0 saturated carbocycles. The number of nitrogens with zero attached hydrogens (tertiary/aromatic N) is 1. The Hall–Kier alpha value is -1.72. The van der Waals surface area contributed by atoms with Gasteiger partial charge < -0.3 is 15.4 Å². The number of hydrogen-bond donors (Lipinski definition) is 2. The summed E-state index contributed by atoms with van der Waals surface area (Å²) in [5, 5.41) is 8.02. The molecule has 0 bridgehead atoms. The van der Waals surface area contributed by atoms with Gasteiger partial charge in [0.1, 0.15) is 0 Å². The molecular weight excluding hydrogens is 258 g/mol. The van der Waals surface area contributed by atoms with Crippen molar-refractivity contribution in [1.82, 2.24) is 10.3 Å². The van der Waals surface area contributed by atoms with E-state index in [9.17, 15) is 0 Å². The van der Waals surface area contributed by atoms with Crippen molar-refractivity contribution in [3.05, 3.63) is 36.5 Å². The maximum Gasteiger partial charge on any atom is 0.170 e. The zero-order valence-electron chi connectivity index (χ0n) is 10.8. The van der Waals surface area contributed by atoms with Crippen molar-refractivity contribution in [3.63, 3.8) is 0 Å². The number of thiocarbonyl (C=S) groups is 1. The number of methoxy groups -OCH3 is 1. The van der Waals surface area contributed by atoms with E-state index in [1.807, 2.05) is 30.3 Å². The second kappa shape index (κ2) is 7.01. The molecule has 0 atom stereocenters. The first-order valence-electron chi connectivity index (χ1n) is 6.18. The first kappa shape index (κ1) is 13.7. The van der Waals surface area contributed by atoms with Crippen LogP contribution in [0.5, 0.6) is 0 Å². The number of fused-ring (bicyclic) bond motifs is 1. The second-order valence-electron chi connectivity index (χ2n) is 4.14. The van der Waals surface area contributed by atoms with Crippen LogP contribution in [0, 0.1) is 0 Å². The van der Waals surface area contributed by atoms with Gasteiger partial charge in [-0.05, 0) is 42.9 Å². The average Bonchev–Trinajstić information content (AvgIpc) is 2.43. The summed E-state index contributed by atoms with van der Waals surface area (Å²) in [6, 6.07) is 9.94. The van der Waals surface area contributed by atoms with Crippen LogP contribution in [-0.4, -0.2) is 30.4 Å². The Morgan fingerprint density at radius 2 is 2.26 bits per heavy atom. The van der Waals surface area contributed by atoms with Crippen molar-refractivity contribution in [1.29, 1.82) is 0 Å². The maximum absolute atomic E-state index is 5.23. The highest BCUT2D eigenvalue weighted by Gasteiger charge is 1.99. The van der Waals surface area contributed by atoms with E-state index in [0.29, 0.717) is 5.11 Å². The number of rotatable bonds is 5. The molecule has 1 heterocycles. The van der Waals surface area contributed by atoms with E-state index < -0.39 is 0 Å². The van der Waals surface area contributed by atoms with Crippen LogP contribution in [0.4, 0.5) is 5.69 Å². The van der Waals surface area contributed by atoms with Crippen molar-refractivity contribution in [3.8, 4) is 0 Å². The van der Waals surface area contributed by atoms with Gasteiger partial charge in [0.15, 0.2) is 5.11 Å². The Morgan fingerprint density at radius 1 is 1.37 bits per heavy atom. The summed E-state index contributed by atoms with van der Waals surface area (Å²) in [7, 11) is 1.69. The topological polar surface area (TPSA) is 46.2 Å². The molecule has 1 aromatic heterocycles. The largest absolute Gasteiger partial charge is 0.385 e. The maximum atomic E-state index is 5.23.